The number of nitrogens with zero attached hydrogens (tertiary/aromatic N) is 3. The average molecular weight is 232 g/mol. The van der Waals surface area contributed by atoms with Gasteiger partial charge in [-0.25, -0.2) is 4.98 Å². The Morgan fingerprint density at radius 2 is 2.19 bits per heavy atom. The second-order valence-electron chi connectivity index (χ2n) is 3.29. The summed E-state index contributed by atoms with van der Waals surface area (Å²) in [7, 11) is 1.77. The Bertz CT molecular complexity index is 730. The van der Waals surface area contributed by atoms with Crippen LogP contribution in [0.25, 0.3) is 15.9 Å². The van der Waals surface area contributed by atoms with E-state index in [1.54, 1.807) is 13.1 Å². The van der Waals surface area contributed by atoms with E-state index in [1.165, 1.54) is 15.9 Å². The molecule has 2 aromatic heterocycles. The van der Waals surface area contributed by atoms with Crippen molar-refractivity contribution in [2.45, 2.75) is 0 Å². The Labute approximate surface area is 94.4 Å². The van der Waals surface area contributed by atoms with Crippen molar-refractivity contribution in [2.24, 2.45) is 0 Å². The first kappa shape index (κ1) is 9.29. The molecule has 3 rings (SSSR count). The first-order valence-electron chi connectivity index (χ1n) is 4.76. The van der Waals surface area contributed by atoms with E-state index in [4.69, 9.17) is 0 Å². The summed E-state index contributed by atoms with van der Waals surface area (Å²) in [6.07, 6.45) is 0. The van der Waals surface area contributed by atoms with Crippen molar-refractivity contribution < 1.29 is 0 Å². The molecule has 0 aliphatic heterocycles. The first-order valence-corrected chi connectivity index (χ1v) is 5.57. The lowest BCUT2D eigenvalue weighted by atomic mass is 10.2. The Balaban J connectivity index is 2.53. The Morgan fingerprint density at radius 1 is 1.38 bits per heavy atom. The van der Waals surface area contributed by atoms with Gasteiger partial charge in [0.1, 0.15) is 0 Å². The molecule has 1 aromatic carbocycles. The van der Waals surface area contributed by atoms with Crippen LogP contribution in [-0.2, 0) is 0 Å². The van der Waals surface area contributed by atoms with E-state index in [1.807, 2.05) is 18.2 Å². The number of fused-ring (bicyclic) bond motifs is 2. The number of rotatable bonds is 1. The van der Waals surface area contributed by atoms with Gasteiger partial charge in [-0.2, -0.15) is 4.52 Å². The third-order valence-corrected chi connectivity index (χ3v) is 3.24. The summed E-state index contributed by atoms with van der Waals surface area (Å²) in [6, 6.07) is 7.28. The maximum atomic E-state index is 12.1. The highest BCUT2D eigenvalue weighted by Gasteiger charge is 2.08. The normalized spacial score (nSPS) is 11.1. The summed E-state index contributed by atoms with van der Waals surface area (Å²) in [5, 5.41) is 8.31. The molecule has 0 aliphatic rings. The lowest BCUT2D eigenvalue weighted by Crippen LogP contribution is -2.15. The molecule has 80 valence electrons. The minimum absolute atomic E-state index is 0.127. The van der Waals surface area contributed by atoms with Crippen LogP contribution in [0.4, 0.5) is 5.13 Å². The van der Waals surface area contributed by atoms with Crippen molar-refractivity contribution in [2.75, 3.05) is 12.4 Å². The van der Waals surface area contributed by atoms with Crippen molar-refractivity contribution in [1.29, 1.82) is 0 Å². The van der Waals surface area contributed by atoms with E-state index < -0.39 is 0 Å². The fourth-order valence-electron chi connectivity index (χ4n) is 1.56. The number of anilines is 1. The minimum atomic E-state index is -0.127. The molecule has 1 N–H and O–H groups in total. The van der Waals surface area contributed by atoms with Gasteiger partial charge in [0.25, 0.3) is 5.56 Å². The highest BCUT2D eigenvalue weighted by molar-refractivity contribution is 7.20. The smallest absolute Gasteiger partial charge is 0.283 e. The molecule has 5 nitrogen and oxygen atoms in total. The Hall–Kier alpha value is -1.95. The number of hydrogen-bond acceptors (Lipinski definition) is 5. The van der Waals surface area contributed by atoms with E-state index in [-0.39, 0.29) is 5.56 Å². The molecule has 0 fully saturated rings. The first-order chi connectivity index (χ1) is 7.79. The average Bonchev–Trinajstić information content (AvgIpc) is 2.73. The number of nitrogens with one attached hydrogen (secondary N) is 1. The van der Waals surface area contributed by atoms with E-state index >= 15 is 0 Å². The highest BCUT2D eigenvalue weighted by Crippen LogP contribution is 2.17. The molecule has 0 unspecified atom stereocenters. The monoisotopic (exact) mass is 232 g/mol. The molecular formula is C10H8N4OS. The van der Waals surface area contributed by atoms with Crippen molar-refractivity contribution in [3.8, 4) is 0 Å². The third-order valence-electron chi connectivity index (χ3n) is 2.32. The van der Waals surface area contributed by atoms with Crippen molar-refractivity contribution >= 4 is 32.3 Å². The van der Waals surface area contributed by atoms with Gasteiger partial charge in [-0.3, -0.25) is 4.79 Å². The van der Waals surface area contributed by atoms with Gasteiger partial charge in [-0.1, -0.05) is 23.5 Å². The molecule has 0 aliphatic carbocycles. The minimum Gasteiger partial charge on any atom is -0.363 e. The second-order valence-corrected chi connectivity index (χ2v) is 4.24. The van der Waals surface area contributed by atoms with Gasteiger partial charge in [0, 0.05) is 7.05 Å². The van der Waals surface area contributed by atoms with Crippen LogP contribution in [0.1, 0.15) is 0 Å². The van der Waals surface area contributed by atoms with Crippen LogP contribution in [0.2, 0.25) is 0 Å². The molecule has 0 amide bonds. The van der Waals surface area contributed by atoms with Crippen LogP contribution in [0.15, 0.2) is 29.1 Å². The van der Waals surface area contributed by atoms with Gasteiger partial charge in [0.15, 0.2) is 0 Å². The number of aromatic nitrogens is 3. The van der Waals surface area contributed by atoms with Gasteiger partial charge < -0.3 is 5.32 Å². The SMILES string of the molecule is CNc1nn2c(=O)c3ccccc3nc2s1. The zero-order chi connectivity index (χ0) is 11.1. The van der Waals surface area contributed by atoms with Crippen LogP contribution in [0.5, 0.6) is 0 Å². The highest BCUT2D eigenvalue weighted by atomic mass is 32.1. The molecule has 2 heterocycles. The van der Waals surface area contributed by atoms with Crippen LogP contribution in [0, 0.1) is 0 Å². The van der Waals surface area contributed by atoms with Crippen LogP contribution >= 0.6 is 11.3 Å². The standard InChI is InChI=1S/C10H8N4OS/c1-11-9-13-14-8(15)6-4-2-3-5-7(6)12-10(14)16-9/h2-5H,1H3,(H,11,13). The number of para-hydroxylation sites is 1. The maximum absolute atomic E-state index is 12.1. The molecule has 6 heteroatoms. The van der Waals surface area contributed by atoms with Gasteiger partial charge in [-0.05, 0) is 12.1 Å². The lowest BCUT2D eigenvalue weighted by Gasteiger charge is -1.95. The molecule has 0 saturated heterocycles. The van der Waals surface area contributed by atoms with Gasteiger partial charge in [0.05, 0.1) is 10.9 Å². The Morgan fingerprint density at radius 3 is 3.00 bits per heavy atom. The summed E-state index contributed by atoms with van der Waals surface area (Å²) >= 11 is 1.36. The Kier molecular flexibility index (Phi) is 1.90. The van der Waals surface area contributed by atoms with Crippen LogP contribution in [0.3, 0.4) is 0 Å². The van der Waals surface area contributed by atoms with Gasteiger partial charge in [0.2, 0.25) is 10.1 Å². The second kappa shape index (κ2) is 3.28. The fourth-order valence-corrected chi connectivity index (χ4v) is 2.31. The topological polar surface area (TPSA) is 59.3 Å². The summed E-state index contributed by atoms with van der Waals surface area (Å²) in [4.78, 5) is 17.0. The quantitative estimate of drug-likeness (QED) is 0.688. The summed E-state index contributed by atoms with van der Waals surface area (Å²) in [5.41, 5.74) is 0.581. The van der Waals surface area contributed by atoms with Crippen LogP contribution < -0.4 is 10.9 Å². The van der Waals surface area contributed by atoms with Gasteiger partial charge >= 0.3 is 0 Å². The van der Waals surface area contributed by atoms with E-state index in [9.17, 15) is 4.79 Å². The molecule has 0 spiro atoms. The number of benzene rings is 1. The van der Waals surface area contributed by atoms with E-state index in [0.29, 0.717) is 21.0 Å². The van der Waals surface area contributed by atoms with Crippen molar-refractivity contribution in [3.05, 3.63) is 34.6 Å². The maximum Gasteiger partial charge on any atom is 0.283 e. The molecule has 0 saturated carbocycles. The van der Waals surface area contributed by atoms with Crippen molar-refractivity contribution in [1.82, 2.24) is 14.6 Å². The molecule has 0 bridgehead atoms. The molecule has 3 aromatic rings. The zero-order valence-corrected chi connectivity index (χ0v) is 9.28. The van der Waals surface area contributed by atoms with Crippen LogP contribution in [-0.4, -0.2) is 21.6 Å². The van der Waals surface area contributed by atoms with Gasteiger partial charge in [-0.15, -0.1) is 5.10 Å². The predicted molar refractivity (Wildman–Crippen MR) is 64.2 cm³/mol. The summed E-state index contributed by atoms with van der Waals surface area (Å²) < 4.78 is 1.33. The fraction of sp³-hybridized carbons (Fsp3) is 0.100. The number of hydrogen-bond donors (Lipinski definition) is 1. The third kappa shape index (κ3) is 1.20. The van der Waals surface area contributed by atoms with Crippen molar-refractivity contribution in [3.63, 3.8) is 0 Å². The van der Waals surface area contributed by atoms with E-state index in [2.05, 4.69) is 15.4 Å². The summed E-state index contributed by atoms with van der Waals surface area (Å²) in [6.45, 7) is 0. The zero-order valence-electron chi connectivity index (χ0n) is 8.47. The molecule has 0 radical (unpaired) electrons. The predicted octanol–water partition coefficient (Wildman–Crippen LogP) is 1.35. The summed E-state index contributed by atoms with van der Waals surface area (Å²) in [5.74, 6) is 0. The molecule has 16 heavy (non-hydrogen) atoms. The molecule has 0 atom stereocenters. The molecular weight excluding hydrogens is 224 g/mol. The largest absolute Gasteiger partial charge is 0.363 e. The lowest BCUT2D eigenvalue weighted by molar-refractivity contribution is 0.918. The van der Waals surface area contributed by atoms with E-state index in [0.717, 1.165) is 0 Å².